The second-order valence-electron chi connectivity index (χ2n) is 3.57. The zero-order chi connectivity index (χ0) is 9.90. The summed E-state index contributed by atoms with van der Waals surface area (Å²) in [6.07, 6.45) is 3.53. The Morgan fingerprint density at radius 1 is 1.46 bits per heavy atom. The van der Waals surface area contributed by atoms with E-state index in [2.05, 4.69) is 37.9 Å². The quantitative estimate of drug-likeness (QED) is 0.823. The van der Waals surface area contributed by atoms with Crippen LogP contribution in [0.15, 0.2) is 12.4 Å². The highest BCUT2D eigenvalue weighted by Gasteiger charge is 2.10. The Labute approximate surface area is 91.5 Å². The largest absolute Gasteiger partial charge is 0.352 e. The van der Waals surface area contributed by atoms with Crippen LogP contribution in [0.3, 0.4) is 0 Å². The molecular formula is C8H13IN4. The highest BCUT2D eigenvalue weighted by atomic mass is 127. The predicted octanol–water partition coefficient (Wildman–Crippen LogP) is 1.23. The van der Waals surface area contributed by atoms with Gasteiger partial charge in [-0.1, -0.05) is 0 Å². The van der Waals surface area contributed by atoms with Crippen LogP contribution in [-0.4, -0.2) is 22.1 Å². The minimum absolute atomic E-state index is 0.244. The van der Waals surface area contributed by atoms with Crippen LogP contribution in [0.1, 0.15) is 13.8 Å². The second kappa shape index (κ2) is 4.19. The molecule has 1 aromatic rings. The molecule has 0 aliphatic heterocycles. The van der Waals surface area contributed by atoms with Gasteiger partial charge in [-0.05, 0) is 36.4 Å². The van der Waals surface area contributed by atoms with E-state index in [4.69, 9.17) is 5.73 Å². The molecule has 1 aromatic heterocycles. The minimum atomic E-state index is -0.244. The molecule has 72 valence electrons. The zero-order valence-electron chi connectivity index (χ0n) is 7.71. The number of halogens is 1. The van der Waals surface area contributed by atoms with Crippen LogP contribution in [0, 0.1) is 3.57 Å². The van der Waals surface area contributed by atoms with Crippen molar-refractivity contribution in [2.75, 3.05) is 11.9 Å². The van der Waals surface area contributed by atoms with Gasteiger partial charge in [-0.2, -0.15) is 0 Å². The van der Waals surface area contributed by atoms with E-state index in [1.165, 1.54) is 0 Å². The first kappa shape index (κ1) is 10.6. The summed E-state index contributed by atoms with van der Waals surface area (Å²) in [7, 11) is 0. The van der Waals surface area contributed by atoms with Crippen LogP contribution in [0.4, 0.5) is 5.95 Å². The molecule has 0 aromatic carbocycles. The fraction of sp³-hybridized carbons (Fsp3) is 0.500. The lowest BCUT2D eigenvalue weighted by molar-refractivity contribution is 0.547. The van der Waals surface area contributed by atoms with Crippen molar-refractivity contribution < 1.29 is 0 Å². The van der Waals surface area contributed by atoms with Gasteiger partial charge in [0.1, 0.15) is 0 Å². The Hall–Kier alpha value is -0.430. The first-order valence-corrected chi connectivity index (χ1v) is 5.05. The molecule has 0 saturated carbocycles. The lowest BCUT2D eigenvalue weighted by Crippen LogP contribution is -2.39. The maximum absolute atomic E-state index is 5.79. The average Bonchev–Trinajstić information content (AvgIpc) is 2.02. The van der Waals surface area contributed by atoms with E-state index in [1.807, 2.05) is 13.8 Å². The molecule has 0 radical (unpaired) electrons. The summed E-state index contributed by atoms with van der Waals surface area (Å²) < 4.78 is 1.02. The van der Waals surface area contributed by atoms with E-state index in [0.29, 0.717) is 12.5 Å². The molecular weight excluding hydrogens is 279 g/mol. The number of hydrogen-bond donors (Lipinski definition) is 2. The van der Waals surface area contributed by atoms with Crippen LogP contribution in [0.5, 0.6) is 0 Å². The summed E-state index contributed by atoms with van der Waals surface area (Å²) in [6, 6.07) is 0. The standard InChI is InChI=1S/C8H13IN4/c1-8(2,10)5-13-7-11-3-6(9)4-12-7/h3-4H,5,10H2,1-2H3,(H,11,12,13). The summed E-state index contributed by atoms with van der Waals surface area (Å²) in [6.45, 7) is 4.56. The van der Waals surface area contributed by atoms with Gasteiger partial charge in [-0.3, -0.25) is 0 Å². The first-order valence-electron chi connectivity index (χ1n) is 3.98. The second-order valence-corrected chi connectivity index (χ2v) is 4.81. The Kier molecular flexibility index (Phi) is 3.43. The van der Waals surface area contributed by atoms with Crippen molar-refractivity contribution in [2.24, 2.45) is 5.73 Å². The van der Waals surface area contributed by atoms with Gasteiger partial charge < -0.3 is 11.1 Å². The third-order valence-corrected chi connectivity index (χ3v) is 1.88. The summed E-state index contributed by atoms with van der Waals surface area (Å²) in [4.78, 5) is 8.19. The molecule has 5 heteroatoms. The van der Waals surface area contributed by atoms with Gasteiger partial charge in [0, 0.05) is 28.0 Å². The fourth-order valence-electron chi connectivity index (χ4n) is 0.710. The zero-order valence-corrected chi connectivity index (χ0v) is 9.87. The van der Waals surface area contributed by atoms with Crippen molar-refractivity contribution in [3.8, 4) is 0 Å². The van der Waals surface area contributed by atoms with Crippen LogP contribution in [0.25, 0.3) is 0 Å². The highest BCUT2D eigenvalue weighted by Crippen LogP contribution is 2.04. The summed E-state index contributed by atoms with van der Waals surface area (Å²) >= 11 is 2.16. The number of nitrogens with zero attached hydrogens (tertiary/aromatic N) is 2. The van der Waals surface area contributed by atoms with Gasteiger partial charge >= 0.3 is 0 Å². The highest BCUT2D eigenvalue weighted by molar-refractivity contribution is 14.1. The SMILES string of the molecule is CC(C)(N)CNc1ncc(I)cn1. The average molecular weight is 292 g/mol. The van der Waals surface area contributed by atoms with Crippen molar-refractivity contribution in [3.05, 3.63) is 16.0 Å². The summed E-state index contributed by atoms with van der Waals surface area (Å²) in [5.74, 6) is 0.624. The number of hydrogen-bond acceptors (Lipinski definition) is 4. The van der Waals surface area contributed by atoms with Crippen LogP contribution in [0.2, 0.25) is 0 Å². The topological polar surface area (TPSA) is 63.8 Å². The van der Waals surface area contributed by atoms with Gasteiger partial charge in [0.15, 0.2) is 0 Å². The van der Waals surface area contributed by atoms with Gasteiger partial charge in [0.05, 0.1) is 0 Å². The van der Waals surface area contributed by atoms with E-state index in [9.17, 15) is 0 Å². The maximum atomic E-state index is 5.79. The third-order valence-electron chi connectivity index (χ3n) is 1.32. The molecule has 0 aliphatic carbocycles. The minimum Gasteiger partial charge on any atom is -0.352 e. The van der Waals surface area contributed by atoms with Crippen molar-refractivity contribution in [1.29, 1.82) is 0 Å². The molecule has 4 nitrogen and oxygen atoms in total. The Morgan fingerprint density at radius 3 is 2.46 bits per heavy atom. The van der Waals surface area contributed by atoms with Crippen molar-refractivity contribution in [2.45, 2.75) is 19.4 Å². The van der Waals surface area contributed by atoms with Crippen LogP contribution < -0.4 is 11.1 Å². The maximum Gasteiger partial charge on any atom is 0.222 e. The lowest BCUT2D eigenvalue weighted by Gasteiger charge is -2.18. The molecule has 0 atom stereocenters. The Balaban J connectivity index is 2.51. The van der Waals surface area contributed by atoms with Gasteiger partial charge in [-0.25, -0.2) is 9.97 Å². The van der Waals surface area contributed by atoms with Crippen molar-refractivity contribution in [1.82, 2.24) is 9.97 Å². The number of aromatic nitrogens is 2. The molecule has 13 heavy (non-hydrogen) atoms. The first-order chi connectivity index (χ1) is 5.97. The van der Waals surface area contributed by atoms with Crippen LogP contribution in [-0.2, 0) is 0 Å². The number of nitrogens with one attached hydrogen (secondary N) is 1. The van der Waals surface area contributed by atoms with E-state index in [-0.39, 0.29) is 5.54 Å². The van der Waals surface area contributed by atoms with E-state index in [1.54, 1.807) is 12.4 Å². The monoisotopic (exact) mass is 292 g/mol. The lowest BCUT2D eigenvalue weighted by atomic mass is 10.1. The summed E-state index contributed by atoms with van der Waals surface area (Å²) in [5, 5.41) is 3.06. The molecule has 0 spiro atoms. The molecule has 0 fully saturated rings. The van der Waals surface area contributed by atoms with Crippen LogP contribution >= 0.6 is 22.6 Å². The fourth-order valence-corrected chi connectivity index (χ4v) is 0.989. The van der Waals surface area contributed by atoms with Crippen molar-refractivity contribution in [3.63, 3.8) is 0 Å². The molecule has 0 unspecified atom stereocenters. The molecule has 0 saturated heterocycles. The predicted molar refractivity (Wildman–Crippen MR) is 61.5 cm³/mol. The van der Waals surface area contributed by atoms with Gasteiger partial charge in [0.25, 0.3) is 0 Å². The smallest absolute Gasteiger partial charge is 0.222 e. The Morgan fingerprint density at radius 2 is 2.00 bits per heavy atom. The van der Waals surface area contributed by atoms with E-state index >= 15 is 0 Å². The number of rotatable bonds is 3. The molecule has 3 N–H and O–H groups in total. The summed E-state index contributed by atoms with van der Waals surface area (Å²) in [5.41, 5.74) is 5.55. The molecule has 1 rings (SSSR count). The Bertz CT molecular complexity index is 264. The normalized spacial score (nSPS) is 11.4. The van der Waals surface area contributed by atoms with E-state index < -0.39 is 0 Å². The van der Waals surface area contributed by atoms with Gasteiger partial charge in [0.2, 0.25) is 5.95 Å². The van der Waals surface area contributed by atoms with Crippen molar-refractivity contribution >= 4 is 28.5 Å². The van der Waals surface area contributed by atoms with E-state index in [0.717, 1.165) is 3.57 Å². The molecule has 0 amide bonds. The van der Waals surface area contributed by atoms with Gasteiger partial charge in [-0.15, -0.1) is 0 Å². The molecule has 1 heterocycles. The molecule has 0 bridgehead atoms. The number of anilines is 1. The molecule has 0 aliphatic rings. The third kappa shape index (κ3) is 4.37. The number of nitrogens with two attached hydrogens (primary N) is 1.